The third-order valence-corrected chi connectivity index (χ3v) is 8.35. The maximum atomic E-state index is 13.2. The lowest BCUT2D eigenvalue weighted by atomic mass is 9.82. The van der Waals surface area contributed by atoms with Gasteiger partial charge in [-0.15, -0.1) is 12.4 Å². The van der Waals surface area contributed by atoms with Crippen LogP contribution in [0.25, 0.3) is 0 Å². The minimum absolute atomic E-state index is 0. The summed E-state index contributed by atoms with van der Waals surface area (Å²) in [7, 11) is 3.88. The molecule has 1 aromatic carbocycles. The lowest BCUT2D eigenvalue weighted by Crippen LogP contribution is -2.57. The molecule has 1 saturated carbocycles. The number of anilines is 1. The Bertz CT molecular complexity index is 1190. The molecule has 206 valence electrons. The first-order chi connectivity index (χ1) is 17.8. The lowest BCUT2D eigenvalue weighted by molar-refractivity contribution is -0.140. The summed E-state index contributed by atoms with van der Waals surface area (Å²) in [5.74, 6) is 0.929. The molecule has 8 nitrogen and oxygen atoms in total. The summed E-state index contributed by atoms with van der Waals surface area (Å²) in [4.78, 5) is 15.7. The minimum atomic E-state index is -0.528. The molecule has 1 N–H and O–H groups in total. The van der Waals surface area contributed by atoms with Gasteiger partial charge in [-0.3, -0.25) is 19.1 Å². The van der Waals surface area contributed by atoms with Gasteiger partial charge in [0, 0.05) is 61.1 Å². The van der Waals surface area contributed by atoms with Crippen molar-refractivity contribution in [2.24, 2.45) is 14.1 Å². The van der Waals surface area contributed by atoms with Gasteiger partial charge < -0.3 is 10.1 Å². The molecule has 2 aromatic heterocycles. The number of hydrogen-bond acceptors (Lipinski definition) is 5. The van der Waals surface area contributed by atoms with E-state index >= 15 is 0 Å². The predicted molar refractivity (Wildman–Crippen MR) is 152 cm³/mol. The van der Waals surface area contributed by atoms with Crippen LogP contribution in [0.4, 0.5) is 5.82 Å². The summed E-state index contributed by atoms with van der Waals surface area (Å²) in [5, 5.41) is 12.8. The number of halogens is 2. The number of aromatic nitrogens is 4. The Kier molecular flexibility index (Phi) is 9.19. The second-order valence-corrected chi connectivity index (χ2v) is 11.1. The van der Waals surface area contributed by atoms with Gasteiger partial charge in [-0.25, -0.2) is 0 Å². The molecule has 10 heteroatoms. The minimum Gasteiger partial charge on any atom is -0.365 e. The van der Waals surface area contributed by atoms with E-state index in [1.165, 1.54) is 17.0 Å². The number of amides is 1. The molecule has 1 aliphatic carbocycles. The summed E-state index contributed by atoms with van der Waals surface area (Å²) < 4.78 is 9.89. The highest BCUT2D eigenvalue weighted by Gasteiger charge is 2.38. The van der Waals surface area contributed by atoms with Gasteiger partial charge in [0.15, 0.2) is 5.82 Å². The Balaban J connectivity index is 0.00000336. The van der Waals surface area contributed by atoms with Gasteiger partial charge in [-0.2, -0.15) is 10.2 Å². The molecule has 0 unspecified atom stereocenters. The number of morpholine rings is 1. The zero-order valence-electron chi connectivity index (χ0n) is 22.6. The Morgan fingerprint density at radius 2 is 1.68 bits per heavy atom. The molecular weight excluding hydrogens is 523 g/mol. The van der Waals surface area contributed by atoms with Crippen molar-refractivity contribution < 1.29 is 9.53 Å². The van der Waals surface area contributed by atoms with E-state index in [0.717, 1.165) is 42.8 Å². The van der Waals surface area contributed by atoms with Crippen LogP contribution in [0.2, 0.25) is 5.02 Å². The van der Waals surface area contributed by atoms with Crippen LogP contribution in [0, 0.1) is 13.8 Å². The molecule has 1 saturated heterocycles. The molecule has 0 bridgehead atoms. The van der Waals surface area contributed by atoms with Gasteiger partial charge >= 0.3 is 0 Å². The van der Waals surface area contributed by atoms with Crippen LogP contribution in [-0.2, 0) is 30.0 Å². The molecule has 3 aromatic rings. The molecule has 5 rings (SSSR count). The first-order valence-electron chi connectivity index (χ1n) is 13.2. The highest BCUT2D eigenvalue weighted by Crippen LogP contribution is 2.36. The lowest BCUT2D eigenvalue weighted by Gasteiger charge is -2.45. The molecular formula is C28H38Cl2N6O2. The standard InChI is InChI=1S/C28H37ClN6O2.ClH/c1-18-13-25(31-33(18)3)21-7-11-23(12-8-21)35-16-26(28(36)30-27-14-19(2)34(4)32-27)37-17-24(35)15-20-5-9-22(29)10-6-20;/h5-6,9-10,13-14,21,23-24,26H,7-8,11-12,15-17H2,1-4H3,(H,30,32,36);1H/t21?,23?,24-,26+;/m0./s1. The topological polar surface area (TPSA) is 77.2 Å². The van der Waals surface area contributed by atoms with E-state index < -0.39 is 6.10 Å². The van der Waals surface area contributed by atoms with Crippen molar-refractivity contribution in [2.45, 2.75) is 70.1 Å². The van der Waals surface area contributed by atoms with Gasteiger partial charge in [-0.05, 0) is 69.7 Å². The van der Waals surface area contributed by atoms with Crippen LogP contribution >= 0.6 is 24.0 Å². The molecule has 2 atom stereocenters. The van der Waals surface area contributed by atoms with Gasteiger partial charge in [-0.1, -0.05) is 23.7 Å². The van der Waals surface area contributed by atoms with E-state index in [1.54, 1.807) is 4.68 Å². The number of nitrogens with one attached hydrogen (secondary N) is 1. The monoisotopic (exact) mass is 560 g/mol. The number of aryl methyl sites for hydroxylation is 4. The smallest absolute Gasteiger partial charge is 0.256 e. The van der Waals surface area contributed by atoms with Gasteiger partial charge in [0.05, 0.1) is 12.3 Å². The SMILES string of the molecule is Cc1cc(NC(=O)[C@H]2CN(C3CCC(c4cc(C)n(C)n4)CC3)[C@@H](Cc3ccc(Cl)cc3)CO2)nn1C.Cl. The van der Waals surface area contributed by atoms with Crippen molar-refractivity contribution in [3.05, 3.63) is 64.1 Å². The molecule has 0 spiro atoms. The Labute approximate surface area is 236 Å². The average molecular weight is 562 g/mol. The Morgan fingerprint density at radius 3 is 2.29 bits per heavy atom. The van der Waals surface area contributed by atoms with Gasteiger partial charge in [0.25, 0.3) is 5.91 Å². The van der Waals surface area contributed by atoms with Crippen molar-refractivity contribution in [1.29, 1.82) is 0 Å². The fourth-order valence-corrected chi connectivity index (χ4v) is 5.84. The van der Waals surface area contributed by atoms with Crippen molar-refractivity contribution in [1.82, 2.24) is 24.5 Å². The van der Waals surface area contributed by atoms with E-state index in [4.69, 9.17) is 21.4 Å². The highest BCUT2D eigenvalue weighted by atomic mass is 35.5. The second-order valence-electron chi connectivity index (χ2n) is 10.6. The van der Waals surface area contributed by atoms with E-state index in [1.807, 2.05) is 43.9 Å². The quantitative estimate of drug-likeness (QED) is 0.467. The van der Waals surface area contributed by atoms with E-state index in [9.17, 15) is 4.79 Å². The molecule has 1 amide bonds. The van der Waals surface area contributed by atoms with Crippen molar-refractivity contribution in [2.75, 3.05) is 18.5 Å². The Morgan fingerprint density at radius 1 is 1.03 bits per heavy atom. The first kappa shape index (κ1) is 28.6. The largest absolute Gasteiger partial charge is 0.365 e. The Hall–Kier alpha value is -2.39. The van der Waals surface area contributed by atoms with Crippen LogP contribution in [0.5, 0.6) is 0 Å². The normalized spacial score (nSPS) is 24.1. The molecule has 2 fully saturated rings. The van der Waals surface area contributed by atoms with E-state index in [2.05, 4.69) is 40.4 Å². The van der Waals surface area contributed by atoms with Crippen LogP contribution in [0.3, 0.4) is 0 Å². The number of hydrogen-bond donors (Lipinski definition) is 1. The summed E-state index contributed by atoms with van der Waals surface area (Å²) in [6, 6.07) is 12.8. The van der Waals surface area contributed by atoms with Crippen LogP contribution < -0.4 is 5.32 Å². The van der Waals surface area contributed by atoms with E-state index in [0.29, 0.717) is 30.9 Å². The number of benzene rings is 1. The molecule has 1 aliphatic heterocycles. The maximum Gasteiger partial charge on any atom is 0.256 e. The van der Waals surface area contributed by atoms with Crippen LogP contribution in [-0.4, -0.2) is 61.7 Å². The zero-order chi connectivity index (χ0) is 26.1. The summed E-state index contributed by atoms with van der Waals surface area (Å²) >= 11 is 6.12. The number of carbonyl (C=O) groups is 1. The van der Waals surface area contributed by atoms with Gasteiger partial charge in [0.2, 0.25) is 0 Å². The third kappa shape index (κ3) is 6.42. The van der Waals surface area contributed by atoms with Crippen LogP contribution in [0.1, 0.15) is 54.2 Å². The first-order valence-corrected chi connectivity index (χ1v) is 13.6. The molecule has 38 heavy (non-hydrogen) atoms. The fourth-order valence-electron chi connectivity index (χ4n) is 5.71. The van der Waals surface area contributed by atoms with Crippen molar-refractivity contribution >= 4 is 35.7 Å². The number of ether oxygens (including phenoxy) is 1. The van der Waals surface area contributed by atoms with Gasteiger partial charge in [0.1, 0.15) is 6.10 Å². The average Bonchev–Trinajstić information content (AvgIpc) is 3.39. The zero-order valence-corrected chi connectivity index (χ0v) is 24.1. The summed E-state index contributed by atoms with van der Waals surface area (Å²) in [6.07, 6.45) is 4.73. The van der Waals surface area contributed by atoms with E-state index in [-0.39, 0.29) is 24.4 Å². The molecule has 2 aliphatic rings. The second kappa shape index (κ2) is 12.2. The molecule has 3 heterocycles. The number of carbonyl (C=O) groups excluding carboxylic acids is 1. The number of rotatable bonds is 6. The maximum absolute atomic E-state index is 13.2. The summed E-state index contributed by atoms with van der Waals surface area (Å²) in [5.41, 5.74) is 4.63. The molecule has 0 radical (unpaired) electrons. The van der Waals surface area contributed by atoms with Crippen molar-refractivity contribution in [3.63, 3.8) is 0 Å². The fraction of sp³-hybridized carbons (Fsp3) is 0.536. The third-order valence-electron chi connectivity index (χ3n) is 8.09. The van der Waals surface area contributed by atoms with Crippen molar-refractivity contribution in [3.8, 4) is 0 Å². The van der Waals surface area contributed by atoms with Crippen LogP contribution in [0.15, 0.2) is 36.4 Å². The predicted octanol–water partition coefficient (Wildman–Crippen LogP) is 4.82. The number of nitrogens with zero attached hydrogens (tertiary/aromatic N) is 5. The summed E-state index contributed by atoms with van der Waals surface area (Å²) in [6.45, 7) is 5.16. The highest BCUT2D eigenvalue weighted by molar-refractivity contribution is 6.30.